The number of likely N-dealkylation sites (N-methyl/N-ethyl adjacent to an activating group) is 1. The van der Waals surface area contributed by atoms with Gasteiger partial charge in [0.05, 0.1) is 17.0 Å². The molecule has 1 saturated heterocycles. The Morgan fingerprint density at radius 2 is 1.77 bits per heavy atom. The van der Waals surface area contributed by atoms with E-state index in [4.69, 9.17) is 22.0 Å². The number of hydrogen-bond acceptors (Lipinski definition) is 6. The second kappa shape index (κ2) is 8.79. The monoisotopic (exact) mass is 411 g/mol. The molecule has 0 atom stereocenters. The standard InChI is InChI=1S/C22H33N7O/c1-21(2)10-15(11-22(3,4)28-21)29(5)19(26)9-7-17(25)16-6-8-18(27-20(16)30)14(12-23)13-24/h6-9,12-13,15,23,25-26,28H,10-11,24H2,1-5H3,(H,27,30)/b9-7-,14-13+,23-12?,25-17?,26-19?. The highest BCUT2D eigenvalue weighted by atomic mass is 16.1. The number of nitrogens with one attached hydrogen (secondary N) is 5. The first-order valence-corrected chi connectivity index (χ1v) is 9.93. The van der Waals surface area contributed by atoms with Gasteiger partial charge in [-0.2, -0.15) is 0 Å². The number of nitrogens with zero attached hydrogens (tertiary/aromatic N) is 1. The highest BCUT2D eigenvalue weighted by Crippen LogP contribution is 2.31. The Hall–Kier alpha value is -3.00. The molecule has 0 radical (unpaired) electrons. The number of H-pyrrole nitrogens is 1. The van der Waals surface area contributed by atoms with Crippen LogP contribution in [0.4, 0.5) is 0 Å². The van der Waals surface area contributed by atoms with Crippen LogP contribution in [-0.2, 0) is 0 Å². The van der Waals surface area contributed by atoms with Crippen molar-refractivity contribution in [3.05, 3.63) is 52.1 Å². The zero-order valence-corrected chi connectivity index (χ0v) is 18.4. The Morgan fingerprint density at radius 3 is 2.27 bits per heavy atom. The lowest BCUT2D eigenvalue weighted by Crippen LogP contribution is -2.62. The van der Waals surface area contributed by atoms with Crippen LogP contribution in [0.1, 0.15) is 51.8 Å². The largest absolute Gasteiger partial charge is 0.404 e. The molecule has 8 heteroatoms. The Balaban J connectivity index is 2.13. The molecule has 1 aromatic heterocycles. The van der Waals surface area contributed by atoms with Gasteiger partial charge in [0.1, 0.15) is 5.84 Å². The minimum absolute atomic E-state index is 0.0139. The average Bonchev–Trinajstić information content (AvgIpc) is 2.63. The molecule has 30 heavy (non-hydrogen) atoms. The molecule has 2 rings (SSSR count). The highest BCUT2D eigenvalue weighted by Gasteiger charge is 2.39. The van der Waals surface area contributed by atoms with Crippen molar-refractivity contribution in [1.29, 1.82) is 16.2 Å². The van der Waals surface area contributed by atoms with E-state index in [9.17, 15) is 4.79 Å². The smallest absolute Gasteiger partial charge is 0.257 e. The van der Waals surface area contributed by atoms with Crippen LogP contribution in [0.2, 0.25) is 0 Å². The molecule has 0 saturated carbocycles. The molecule has 1 aliphatic heterocycles. The molecule has 0 aromatic carbocycles. The first-order chi connectivity index (χ1) is 13.9. The lowest BCUT2D eigenvalue weighted by molar-refractivity contribution is 0.114. The Kier molecular flexibility index (Phi) is 6.82. The van der Waals surface area contributed by atoms with Gasteiger partial charge in [0.2, 0.25) is 0 Å². The summed E-state index contributed by atoms with van der Waals surface area (Å²) in [5.74, 6) is 0.295. The summed E-state index contributed by atoms with van der Waals surface area (Å²) < 4.78 is 0. The van der Waals surface area contributed by atoms with Crippen molar-refractivity contribution in [3.8, 4) is 0 Å². The van der Waals surface area contributed by atoms with E-state index in [1.807, 2.05) is 11.9 Å². The summed E-state index contributed by atoms with van der Waals surface area (Å²) in [6.07, 6.45) is 7.13. The average molecular weight is 412 g/mol. The van der Waals surface area contributed by atoms with E-state index in [1.165, 1.54) is 18.3 Å². The van der Waals surface area contributed by atoms with Gasteiger partial charge in [0.25, 0.3) is 5.56 Å². The van der Waals surface area contributed by atoms with E-state index in [-0.39, 0.29) is 28.4 Å². The van der Waals surface area contributed by atoms with Crippen molar-refractivity contribution in [1.82, 2.24) is 15.2 Å². The molecule has 1 aliphatic rings. The molecular weight excluding hydrogens is 378 g/mol. The van der Waals surface area contributed by atoms with Gasteiger partial charge < -0.3 is 31.8 Å². The summed E-state index contributed by atoms with van der Waals surface area (Å²) in [6.45, 7) is 8.68. The van der Waals surface area contributed by atoms with Crippen LogP contribution < -0.4 is 16.6 Å². The van der Waals surface area contributed by atoms with Crippen LogP contribution in [-0.4, -0.2) is 51.8 Å². The van der Waals surface area contributed by atoms with Gasteiger partial charge in [0.15, 0.2) is 0 Å². The summed E-state index contributed by atoms with van der Waals surface area (Å²) in [4.78, 5) is 16.9. The third-order valence-corrected chi connectivity index (χ3v) is 5.35. The first kappa shape index (κ1) is 23.3. The normalized spacial score (nSPS) is 18.9. The third kappa shape index (κ3) is 5.54. The fourth-order valence-electron chi connectivity index (χ4n) is 4.18. The van der Waals surface area contributed by atoms with E-state index < -0.39 is 5.56 Å². The number of amidine groups is 1. The van der Waals surface area contributed by atoms with Crippen molar-refractivity contribution < 1.29 is 0 Å². The van der Waals surface area contributed by atoms with Crippen LogP contribution in [0, 0.1) is 16.2 Å². The molecular formula is C22H33N7O. The zero-order chi connectivity index (χ0) is 22.7. The molecule has 1 aromatic rings. The first-order valence-electron chi connectivity index (χ1n) is 9.93. The van der Waals surface area contributed by atoms with E-state index in [0.29, 0.717) is 17.1 Å². The second-order valence-corrected chi connectivity index (χ2v) is 9.08. The SMILES string of the molecule is CN(C(=N)/C=C\C(=N)c1ccc(/C(C=N)=C/N)[nH]c1=O)C1CC(C)(C)NC(C)(C)C1. The van der Waals surface area contributed by atoms with Crippen molar-refractivity contribution in [3.63, 3.8) is 0 Å². The zero-order valence-electron chi connectivity index (χ0n) is 18.4. The molecule has 7 N–H and O–H groups in total. The molecule has 162 valence electrons. The number of rotatable bonds is 6. The van der Waals surface area contributed by atoms with Gasteiger partial charge in [-0.15, -0.1) is 0 Å². The molecule has 0 aliphatic carbocycles. The quantitative estimate of drug-likeness (QED) is 0.315. The van der Waals surface area contributed by atoms with Crippen LogP contribution in [0.3, 0.4) is 0 Å². The summed E-state index contributed by atoms with van der Waals surface area (Å²) in [7, 11) is 1.90. The third-order valence-electron chi connectivity index (χ3n) is 5.35. The van der Waals surface area contributed by atoms with Gasteiger partial charge >= 0.3 is 0 Å². The van der Waals surface area contributed by atoms with Crippen molar-refractivity contribution in [2.45, 2.75) is 57.7 Å². The molecule has 0 spiro atoms. The molecule has 1 fully saturated rings. The van der Waals surface area contributed by atoms with Gasteiger partial charge in [0, 0.05) is 42.2 Å². The topological polar surface area (TPSA) is 146 Å². The number of hydrogen-bond donors (Lipinski definition) is 6. The van der Waals surface area contributed by atoms with Gasteiger partial charge in [-0.05, 0) is 64.8 Å². The highest BCUT2D eigenvalue weighted by molar-refractivity contribution is 6.10. The maximum absolute atomic E-state index is 12.3. The predicted octanol–water partition coefficient (Wildman–Crippen LogP) is 2.47. The van der Waals surface area contributed by atoms with Crippen molar-refractivity contribution in [2.75, 3.05) is 7.05 Å². The maximum atomic E-state index is 12.3. The summed E-state index contributed by atoms with van der Waals surface area (Å²) >= 11 is 0. The van der Waals surface area contributed by atoms with Crippen LogP contribution >= 0.6 is 0 Å². The fourth-order valence-corrected chi connectivity index (χ4v) is 4.18. The number of nitrogens with two attached hydrogens (primary N) is 1. The summed E-state index contributed by atoms with van der Waals surface area (Å²) in [5, 5.41) is 27.6. The molecule has 0 amide bonds. The fraction of sp³-hybridized carbons (Fsp3) is 0.455. The van der Waals surface area contributed by atoms with Gasteiger partial charge in [-0.1, -0.05) is 0 Å². The van der Waals surface area contributed by atoms with E-state index in [0.717, 1.165) is 19.1 Å². The van der Waals surface area contributed by atoms with Gasteiger partial charge in [-0.3, -0.25) is 10.2 Å². The van der Waals surface area contributed by atoms with Crippen molar-refractivity contribution >= 4 is 23.3 Å². The predicted molar refractivity (Wildman–Crippen MR) is 124 cm³/mol. The Morgan fingerprint density at radius 1 is 1.17 bits per heavy atom. The molecule has 2 heterocycles. The number of aromatic amines is 1. The molecule has 8 nitrogen and oxygen atoms in total. The van der Waals surface area contributed by atoms with E-state index >= 15 is 0 Å². The second-order valence-electron chi connectivity index (χ2n) is 9.08. The summed E-state index contributed by atoms with van der Waals surface area (Å²) in [5.41, 5.74) is 5.96. The minimum Gasteiger partial charge on any atom is -0.404 e. The van der Waals surface area contributed by atoms with Crippen LogP contribution in [0.5, 0.6) is 0 Å². The van der Waals surface area contributed by atoms with Crippen LogP contribution in [0.15, 0.2) is 35.3 Å². The number of aromatic nitrogens is 1. The van der Waals surface area contributed by atoms with E-state index in [2.05, 4.69) is 38.0 Å². The van der Waals surface area contributed by atoms with Crippen molar-refractivity contribution in [2.24, 2.45) is 5.73 Å². The Bertz CT molecular complexity index is 936. The van der Waals surface area contributed by atoms with Gasteiger partial charge in [-0.25, -0.2) is 0 Å². The maximum Gasteiger partial charge on any atom is 0.257 e. The lowest BCUT2D eigenvalue weighted by atomic mass is 9.79. The lowest BCUT2D eigenvalue weighted by Gasteiger charge is -2.49. The Labute approximate surface area is 177 Å². The van der Waals surface area contributed by atoms with Crippen LogP contribution in [0.25, 0.3) is 5.57 Å². The molecule has 0 bridgehead atoms. The van der Waals surface area contributed by atoms with E-state index in [1.54, 1.807) is 12.1 Å². The summed E-state index contributed by atoms with van der Waals surface area (Å²) in [6, 6.07) is 3.34. The minimum atomic E-state index is -0.440. The number of piperidine rings is 1. The number of allylic oxidation sites excluding steroid dienone is 2. The number of pyridine rings is 1. The molecule has 0 unspecified atom stereocenters.